The number of hydrogen-bond acceptors (Lipinski definition) is 1. The molecular weight excluding hydrogens is 308 g/mol. The normalized spacial score (nSPS) is 20.3. The molecule has 1 N–H and O–H groups in total. The van der Waals surface area contributed by atoms with Gasteiger partial charge in [-0.25, -0.2) is 0 Å². The molecule has 1 aromatic rings. The quantitative estimate of drug-likeness (QED) is 0.769. The molecule has 1 aliphatic heterocycles. The van der Waals surface area contributed by atoms with E-state index in [0.717, 1.165) is 21.8 Å². The minimum absolute atomic E-state index is 0.541. The van der Waals surface area contributed by atoms with Gasteiger partial charge in [-0.2, -0.15) is 0 Å². The van der Waals surface area contributed by atoms with Gasteiger partial charge < -0.3 is 10.2 Å². The van der Waals surface area contributed by atoms with Crippen LogP contribution in [0.3, 0.4) is 0 Å². The van der Waals surface area contributed by atoms with Crippen molar-refractivity contribution in [3.8, 4) is 0 Å². The Morgan fingerprint density at radius 3 is 3.00 bits per heavy atom. The fourth-order valence-electron chi connectivity index (χ4n) is 2.34. The summed E-state index contributed by atoms with van der Waals surface area (Å²) < 4.78 is 1.07. The Bertz CT molecular complexity index is 422. The highest BCUT2D eigenvalue weighted by atomic mass is 79.9. The van der Waals surface area contributed by atoms with Gasteiger partial charge >= 0.3 is 0 Å². The summed E-state index contributed by atoms with van der Waals surface area (Å²) in [5.41, 5.74) is 1.05. The van der Waals surface area contributed by atoms with Crippen molar-refractivity contribution < 1.29 is 0 Å². The second-order valence-corrected chi connectivity index (χ2v) is 6.13. The molecule has 1 aliphatic rings. The number of nitrogens with one attached hydrogen (secondary N) is 1. The van der Waals surface area contributed by atoms with Crippen LogP contribution in [0.1, 0.15) is 32.6 Å². The van der Waals surface area contributed by atoms with E-state index in [1.54, 1.807) is 0 Å². The number of anilines is 1. The Labute approximate surface area is 123 Å². The van der Waals surface area contributed by atoms with E-state index in [1.807, 2.05) is 18.2 Å². The average molecular weight is 327 g/mol. The lowest BCUT2D eigenvalue weighted by molar-refractivity contribution is 0.341. The molecule has 0 aliphatic carbocycles. The lowest BCUT2D eigenvalue weighted by Crippen LogP contribution is -2.40. The van der Waals surface area contributed by atoms with Crippen molar-refractivity contribution in [2.24, 2.45) is 0 Å². The predicted octanol–water partition coefficient (Wildman–Crippen LogP) is 4.41. The lowest BCUT2D eigenvalue weighted by atomic mass is 10.1. The van der Waals surface area contributed by atoms with Crippen LogP contribution >= 0.6 is 28.1 Å². The largest absolute Gasteiger partial charge is 0.346 e. The summed E-state index contributed by atoms with van der Waals surface area (Å²) in [6, 6.07) is 8.66. The Kier molecular flexibility index (Phi) is 5.01. The van der Waals surface area contributed by atoms with Crippen LogP contribution in [0.15, 0.2) is 28.7 Å². The zero-order valence-electron chi connectivity index (χ0n) is 10.7. The van der Waals surface area contributed by atoms with Crippen molar-refractivity contribution in [3.63, 3.8) is 0 Å². The molecule has 1 fully saturated rings. The summed E-state index contributed by atoms with van der Waals surface area (Å²) in [4.78, 5) is 2.32. The number of nitrogens with zero attached hydrogens (tertiary/aromatic N) is 1. The molecule has 18 heavy (non-hydrogen) atoms. The molecule has 0 radical (unpaired) electrons. The Balaban J connectivity index is 2.02. The zero-order chi connectivity index (χ0) is 13.0. The number of hydrogen-bond donors (Lipinski definition) is 1. The van der Waals surface area contributed by atoms with Crippen molar-refractivity contribution >= 4 is 38.9 Å². The second kappa shape index (κ2) is 6.53. The molecule has 2 nitrogen and oxygen atoms in total. The van der Waals surface area contributed by atoms with E-state index < -0.39 is 0 Å². The maximum atomic E-state index is 5.54. The van der Waals surface area contributed by atoms with Gasteiger partial charge in [-0.1, -0.05) is 34.8 Å². The first-order chi connectivity index (χ1) is 8.66. The third kappa shape index (κ3) is 3.69. The smallest absolute Gasteiger partial charge is 0.173 e. The van der Waals surface area contributed by atoms with Gasteiger partial charge in [0.25, 0.3) is 0 Å². The Morgan fingerprint density at radius 1 is 1.39 bits per heavy atom. The first-order valence-electron chi connectivity index (χ1n) is 6.50. The summed E-state index contributed by atoms with van der Waals surface area (Å²) in [6.45, 7) is 3.33. The third-order valence-electron chi connectivity index (χ3n) is 3.39. The van der Waals surface area contributed by atoms with Crippen LogP contribution in [0.25, 0.3) is 0 Å². The van der Waals surface area contributed by atoms with E-state index >= 15 is 0 Å². The Morgan fingerprint density at radius 2 is 2.22 bits per heavy atom. The molecule has 98 valence electrons. The fraction of sp³-hybridized carbons (Fsp3) is 0.500. The molecule has 1 heterocycles. The predicted molar refractivity (Wildman–Crippen MR) is 85.0 cm³/mol. The number of thiocarbonyl (C=S) groups is 1. The number of halogens is 1. The molecule has 1 saturated heterocycles. The molecule has 0 spiro atoms. The van der Waals surface area contributed by atoms with E-state index in [4.69, 9.17) is 12.2 Å². The van der Waals surface area contributed by atoms with Crippen LogP contribution in [-0.4, -0.2) is 22.6 Å². The summed E-state index contributed by atoms with van der Waals surface area (Å²) >= 11 is 9.01. The Hall–Kier alpha value is -0.610. The van der Waals surface area contributed by atoms with Gasteiger partial charge in [-0.3, -0.25) is 0 Å². The van der Waals surface area contributed by atoms with E-state index in [-0.39, 0.29) is 0 Å². The molecule has 0 amide bonds. The molecule has 0 saturated carbocycles. The maximum absolute atomic E-state index is 5.54. The highest BCUT2D eigenvalue weighted by Gasteiger charge is 2.19. The first kappa shape index (κ1) is 13.8. The van der Waals surface area contributed by atoms with Gasteiger partial charge in [-0.15, -0.1) is 0 Å². The summed E-state index contributed by atoms with van der Waals surface area (Å²) in [7, 11) is 0. The van der Waals surface area contributed by atoms with Gasteiger partial charge in [0.15, 0.2) is 5.11 Å². The number of rotatable bonds is 1. The minimum atomic E-state index is 0.541. The van der Waals surface area contributed by atoms with Crippen molar-refractivity contribution in [2.45, 2.75) is 38.6 Å². The van der Waals surface area contributed by atoms with Crippen molar-refractivity contribution in [3.05, 3.63) is 28.7 Å². The zero-order valence-corrected chi connectivity index (χ0v) is 13.1. The fourth-order valence-corrected chi connectivity index (χ4v) is 3.13. The molecule has 0 bridgehead atoms. The van der Waals surface area contributed by atoms with Crippen LogP contribution in [-0.2, 0) is 0 Å². The highest BCUT2D eigenvalue weighted by molar-refractivity contribution is 9.10. The molecule has 1 atom stereocenters. The van der Waals surface area contributed by atoms with E-state index in [1.165, 1.54) is 25.7 Å². The van der Waals surface area contributed by atoms with Crippen LogP contribution in [0.4, 0.5) is 5.69 Å². The molecule has 2 rings (SSSR count). The third-order valence-corrected chi connectivity index (χ3v) is 4.22. The summed E-state index contributed by atoms with van der Waals surface area (Å²) in [5, 5.41) is 4.19. The van der Waals surface area contributed by atoms with E-state index in [2.05, 4.69) is 39.1 Å². The minimum Gasteiger partial charge on any atom is -0.346 e. The van der Waals surface area contributed by atoms with Gasteiger partial charge in [0.05, 0.1) is 0 Å². The average Bonchev–Trinajstić information content (AvgIpc) is 2.54. The molecule has 1 aromatic carbocycles. The molecular formula is C14H19BrN2S. The molecule has 0 aromatic heterocycles. The number of likely N-dealkylation sites (tertiary alicyclic amines) is 1. The van der Waals surface area contributed by atoms with Crippen LogP contribution in [0.2, 0.25) is 0 Å². The van der Waals surface area contributed by atoms with Crippen LogP contribution < -0.4 is 5.32 Å². The van der Waals surface area contributed by atoms with Crippen LogP contribution in [0.5, 0.6) is 0 Å². The van der Waals surface area contributed by atoms with Gasteiger partial charge in [-0.05, 0) is 50.2 Å². The van der Waals surface area contributed by atoms with E-state index in [0.29, 0.717) is 6.04 Å². The molecule has 1 unspecified atom stereocenters. The number of benzene rings is 1. The second-order valence-electron chi connectivity index (χ2n) is 4.83. The van der Waals surface area contributed by atoms with Gasteiger partial charge in [0.2, 0.25) is 0 Å². The molecule has 4 heteroatoms. The maximum Gasteiger partial charge on any atom is 0.173 e. The van der Waals surface area contributed by atoms with Gasteiger partial charge in [0.1, 0.15) is 0 Å². The van der Waals surface area contributed by atoms with Crippen molar-refractivity contribution in [1.29, 1.82) is 0 Å². The van der Waals surface area contributed by atoms with Gasteiger partial charge in [0, 0.05) is 22.7 Å². The summed E-state index contributed by atoms with van der Waals surface area (Å²) in [6.07, 6.45) is 5.11. The topological polar surface area (TPSA) is 15.3 Å². The SMILES string of the molecule is CC1CCCCCN1C(=S)Nc1cccc(Br)c1. The van der Waals surface area contributed by atoms with E-state index in [9.17, 15) is 0 Å². The van der Waals surface area contributed by atoms with Crippen molar-refractivity contribution in [2.75, 3.05) is 11.9 Å². The monoisotopic (exact) mass is 326 g/mol. The van der Waals surface area contributed by atoms with Crippen LogP contribution in [0, 0.1) is 0 Å². The lowest BCUT2D eigenvalue weighted by Gasteiger charge is -2.30. The first-order valence-corrected chi connectivity index (χ1v) is 7.70. The summed E-state index contributed by atoms with van der Waals surface area (Å²) in [5.74, 6) is 0. The highest BCUT2D eigenvalue weighted by Crippen LogP contribution is 2.20. The van der Waals surface area contributed by atoms with Crippen molar-refractivity contribution in [1.82, 2.24) is 4.90 Å². The standard InChI is InChI=1S/C14H19BrN2S/c1-11-6-3-2-4-9-17(11)14(18)16-13-8-5-7-12(15)10-13/h5,7-8,10-11H,2-4,6,9H2,1H3,(H,16,18).